The van der Waals surface area contributed by atoms with Crippen LogP contribution in [0.1, 0.15) is 43.6 Å². The third-order valence-corrected chi connectivity index (χ3v) is 4.32. The Labute approximate surface area is 100 Å². The first-order valence-corrected chi connectivity index (χ1v) is 7.50. The van der Waals surface area contributed by atoms with Crippen molar-refractivity contribution in [1.82, 2.24) is 0 Å². The molecule has 1 N–H and O–H groups in total. The summed E-state index contributed by atoms with van der Waals surface area (Å²) < 4.78 is 21.4. The molecule has 1 aliphatic heterocycles. The number of phosphoric ester groups is 1. The van der Waals surface area contributed by atoms with Gasteiger partial charge in [-0.2, -0.15) is 0 Å². The minimum absolute atomic E-state index is 0.402. The van der Waals surface area contributed by atoms with Crippen LogP contribution in [-0.4, -0.2) is 4.89 Å². The van der Waals surface area contributed by atoms with Crippen molar-refractivity contribution in [3.8, 4) is 11.5 Å². The van der Waals surface area contributed by atoms with Crippen LogP contribution in [0.3, 0.4) is 0 Å². The molecular formula is C12H15O4P. The molecule has 1 saturated carbocycles. The molecule has 5 heteroatoms. The fraction of sp³-hybridized carbons (Fsp3) is 0.500. The summed E-state index contributed by atoms with van der Waals surface area (Å²) in [6.45, 7) is 0. The number of para-hydroxylation sites is 1. The summed E-state index contributed by atoms with van der Waals surface area (Å²) in [4.78, 5) is 9.35. The lowest BCUT2D eigenvalue weighted by atomic mass is 9.83. The van der Waals surface area contributed by atoms with Gasteiger partial charge in [-0.15, -0.1) is 0 Å². The first-order chi connectivity index (χ1) is 8.16. The van der Waals surface area contributed by atoms with E-state index in [0.29, 0.717) is 17.4 Å². The van der Waals surface area contributed by atoms with E-state index in [-0.39, 0.29) is 0 Å². The predicted molar refractivity (Wildman–Crippen MR) is 63.3 cm³/mol. The summed E-state index contributed by atoms with van der Waals surface area (Å²) in [6.07, 6.45) is 5.95. The highest BCUT2D eigenvalue weighted by molar-refractivity contribution is 7.48. The van der Waals surface area contributed by atoms with Crippen LogP contribution in [-0.2, 0) is 4.57 Å². The topological polar surface area (TPSA) is 55.8 Å². The van der Waals surface area contributed by atoms with Crippen LogP contribution in [0.25, 0.3) is 0 Å². The maximum absolute atomic E-state index is 11.4. The highest BCUT2D eigenvalue weighted by Crippen LogP contribution is 2.58. The Morgan fingerprint density at radius 1 is 1.18 bits per heavy atom. The average molecular weight is 254 g/mol. The second-order valence-corrected chi connectivity index (χ2v) is 5.96. The minimum Gasteiger partial charge on any atom is -0.391 e. The van der Waals surface area contributed by atoms with E-state index in [9.17, 15) is 9.46 Å². The predicted octanol–water partition coefficient (Wildman–Crippen LogP) is 3.61. The van der Waals surface area contributed by atoms with Crippen molar-refractivity contribution in [2.45, 2.75) is 38.0 Å². The zero-order chi connectivity index (χ0) is 11.9. The molecule has 0 aromatic heterocycles. The van der Waals surface area contributed by atoms with Crippen molar-refractivity contribution in [2.75, 3.05) is 0 Å². The van der Waals surface area contributed by atoms with Gasteiger partial charge in [0.25, 0.3) is 0 Å². The molecule has 0 spiro atoms. The molecule has 0 bridgehead atoms. The smallest absolute Gasteiger partial charge is 0.391 e. The molecule has 0 saturated heterocycles. The molecule has 1 aromatic rings. The van der Waals surface area contributed by atoms with Gasteiger partial charge < -0.3 is 9.05 Å². The van der Waals surface area contributed by atoms with Crippen LogP contribution >= 0.6 is 7.82 Å². The number of hydrogen-bond donors (Lipinski definition) is 1. The van der Waals surface area contributed by atoms with Crippen LogP contribution in [0.5, 0.6) is 11.5 Å². The normalized spacial score (nSPS) is 28.3. The van der Waals surface area contributed by atoms with Gasteiger partial charge in [0.2, 0.25) is 0 Å². The molecule has 0 radical (unpaired) electrons. The van der Waals surface area contributed by atoms with Gasteiger partial charge >= 0.3 is 7.82 Å². The van der Waals surface area contributed by atoms with Gasteiger partial charge in [-0.1, -0.05) is 31.4 Å². The largest absolute Gasteiger partial charge is 0.585 e. The fourth-order valence-electron chi connectivity index (χ4n) is 2.70. The summed E-state index contributed by atoms with van der Waals surface area (Å²) in [5.41, 5.74) is 1.02. The van der Waals surface area contributed by atoms with E-state index in [2.05, 4.69) is 0 Å². The minimum atomic E-state index is -3.90. The van der Waals surface area contributed by atoms with Crippen molar-refractivity contribution < 1.29 is 18.5 Å². The summed E-state index contributed by atoms with van der Waals surface area (Å²) >= 11 is 0. The third kappa shape index (κ3) is 2.07. The van der Waals surface area contributed by atoms with Crippen molar-refractivity contribution in [2.24, 2.45) is 0 Å². The molecule has 4 nitrogen and oxygen atoms in total. The quantitative estimate of drug-likeness (QED) is 0.778. The molecular weight excluding hydrogens is 239 g/mol. The molecule has 2 aliphatic rings. The van der Waals surface area contributed by atoms with Crippen molar-refractivity contribution in [3.05, 3.63) is 23.8 Å². The van der Waals surface area contributed by atoms with Gasteiger partial charge in [0.1, 0.15) is 0 Å². The monoisotopic (exact) mass is 254 g/mol. The van der Waals surface area contributed by atoms with Gasteiger partial charge in [-0.25, -0.2) is 4.57 Å². The van der Waals surface area contributed by atoms with E-state index in [1.165, 1.54) is 19.3 Å². The molecule has 17 heavy (non-hydrogen) atoms. The zero-order valence-corrected chi connectivity index (χ0v) is 10.4. The number of fused-ring (bicyclic) bond motifs is 1. The second kappa shape index (κ2) is 4.04. The number of hydrogen-bond acceptors (Lipinski definition) is 3. The van der Waals surface area contributed by atoms with Gasteiger partial charge in [0.15, 0.2) is 11.5 Å². The first kappa shape index (κ1) is 11.1. The Hall–Kier alpha value is -0.990. The van der Waals surface area contributed by atoms with Crippen LogP contribution in [0, 0.1) is 0 Å². The van der Waals surface area contributed by atoms with Crippen LogP contribution < -0.4 is 9.05 Å². The van der Waals surface area contributed by atoms with Gasteiger partial charge in [-0.05, 0) is 24.8 Å². The van der Waals surface area contributed by atoms with E-state index >= 15 is 0 Å². The van der Waals surface area contributed by atoms with E-state index in [4.69, 9.17) is 9.05 Å². The van der Waals surface area contributed by atoms with Crippen molar-refractivity contribution in [3.63, 3.8) is 0 Å². The highest BCUT2D eigenvalue weighted by Gasteiger charge is 2.37. The maximum Gasteiger partial charge on any atom is 0.585 e. The summed E-state index contributed by atoms with van der Waals surface area (Å²) in [5, 5.41) is 0. The fourth-order valence-corrected chi connectivity index (χ4v) is 3.55. The molecule has 1 aliphatic carbocycles. The van der Waals surface area contributed by atoms with Gasteiger partial charge in [-0.3, -0.25) is 4.89 Å². The number of rotatable bonds is 1. The van der Waals surface area contributed by atoms with E-state index in [1.807, 2.05) is 12.1 Å². The lowest BCUT2D eigenvalue weighted by Gasteiger charge is -2.22. The first-order valence-electron chi connectivity index (χ1n) is 6.01. The zero-order valence-electron chi connectivity index (χ0n) is 9.46. The summed E-state index contributed by atoms with van der Waals surface area (Å²) in [7, 11) is -3.90. The van der Waals surface area contributed by atoms with E-state index < -0.39 is 7.82 Å². The Morgan fingerprint density at radius 2 is 1.94 bits per heavy atom. The van der Waals surface area contributed by atoms with E-state index in [1.54, 1.807) is 6.07 Å². The lowest BCUT2D eigenvalue weighted by Crippen LogP contribution is -2.05. The van der Waals surface area contributed by atoms with Gasteiger partial charge in [0, 0.05) is 5.56 Å². The molecule has 1 heterocycles. The Kier molecular flexibility index (Phi) is 2.64. The number of phosphoric acid groups is 1. The Morgan fingerprint density at radius 3 is 2.71 bits per heavy atom. The summed E-state index contributed by atoms with van der Waals surface area (Å²) in [6, 6.07) is 5.51. The molecule has 1 atom stereocenters. The number of benzene rings is 1. The van der Waals surface area contributed by atoms with E-state index in [0.717, 1.165) is 18.4 Å². The van der Waals surface area contributed by atoms with Gasteiger partial charge in [0.05, 0.1) is 0 Å². The molecule has 3 rings (SSSR count). The summed E-state index contributed by atoms with van der Waals surface area (Å²) in [5.74, 6) is 1.31. The van der Waals surface area contributed by atoms with Crippen molar-refractivity contribution >= 4 is 7.82 Å². The van der Waals surface area contributed by atoms with Crippen LogP contribution in [0.15, 0.2) is 18.2 Å². The van der Waals surface area contributed by atoms with Crippen LogP contribution in [0.4, 0.5) is 0 Å². The van der Waals surface area contributed by atoms with Crippen LogP contribution in [0.2, 0.25) is 0 Å². The van der Waals surface area contributed by atoms with Crippen molar-refractivity contribution in [1.29, 1.82) is 0 Å². The highest BCUT2D eigenvalue weighted by atomic mass is 31.2. The lowest BCUT2D eigenvalue weighted by molar-refractivity contribution is 0.322. The average Bonchev–Trinajstić information content (AvgIpc) is 2.63. The molecule has 1 unspecified atom stereocenters. The molecule has 92 valence electrons. The standard InChI is InChI=1S/C12H15O4P/c13-17(14)15-11-8-4-7-10(12(11)16-17)9-5-2-1-3-6-9/h4,7-9H,1-3,5-6H2,(H,13,14). The molecule has 1 aromatic carbocycles. The maximum atomic E-state index is 11.4. The second-order valence-electron chi connectivity index (χ2n) is 4.66. The SMILES string of the molecule is O=P1(O)Oc2cccc(C3CCCCC3)c2O1. The Bertz CT molecular complexity index is 479. The molecule has 0 amide bonds. The Balaban J connectivity index is 1.97. The molecule has 1 fully saturated rings. The third-order valence-electron chi connectivity index (χ3n) is 3.47.